The molecule has 7 heteroatoms. The number of hydrogen-bond donors (Lipinski definition) is 2. The number of nitrogens with one attached hydrogen (secondary N) is 2. The maximum Gasteiger partial charge on any atom is 0.342 e. The fourth-order valence-corrected chi connectivity index (χ4v) is 3.46. The van der Waals surface area contributed by atoms with E-state index in [-0.39, 0.29) is 18.2 Å². The summed E-state index contributed by atoms with van der Waals surface area (Å²) in [5.41, 5.74) is 2.58. The number of allylic oxidation sites excluding steroid dienone is 1. The number of carbonyl (C=O) groups excluding carboxylic acids is 1. The van der Waals surface area contributed by atoms with Crippen LogP contribution >= 0.6 is 0 Å². The van der Waals surface area contributed by atoms with Gasteiger partial charge in [0.25, 0.3) is 0 Å². The lowest BCUT2D eigenvalue weighted by Crippen LogP contribution is -2.32. The first-order valence-corrected chi connectivity index (χ1v) is 8.83. The maximum absolute atomic E-state index is 12.1. The second-order valence-electron chi connectivity index (χ2n) is 5.65. The van der Waals surface area contributed by atoms with Crippen molar-refractivity contribution in [3.8, 4) is 0 Å². The van der Waals surface area contributed by atoms with E-state index in [0.717, 1.165) is 5.56 Å². The summed E-state index contributed by atoms with van der Waals surface area (Å²) in [6.45, 7) is 5.79. The van der Waals surface area contributed by atoms with Crippen LogP contribution in [0.1, 0.15) is 38.7 Å². The predicted molar refractivity (Wildman–Crippen MR) is 90.3 cm³/mol. The second-order valence-corrected chi connectivity index (χ2v) is 6.99. The van der Waals surface area contributed by atoms with Crippen molar-refractivity contribution in [2.45, 2.75) is 33.1 Å². The number of amides is 1. The number of hydrogen-bond acceptors (Lipinski definition) is 3. The van der Waals surface area contributed by atoms with Crippen LogP contribution in [0.25, 0.3) is 0 Å². The molecule has 1 aliphatic rings. The lowest BCUT2D eigenvalue weighted by atomic mass is 10.0. The van der Waals surface area contributed by atoms with Crippen molar-refractivity contribution in [3.05, 3.63) is 47.2 Å². The van der Waals surface area contributed by atoms with Gasteiger partial charge in [0.05, 0.1) is 12.1 Å². The van der Waals surface area contributed by atoms with E-state index in [1.165, 1.54) is 0 Å². The van der Waals surface area contributed by atoms with Crippen LogP contribution in [0.2, 0.25) is 0 Å². The van der Waals surface area contributed by atoms with Crippen LogP contribution in [-0.4, -0.2) is 26.6 Å². The summed E-state index contributed by atoms with van der Waals surface area (Å²) in [4.78, 5) is 12.1. The van der Waals surface area contributed by atoms with Crippen molar-refractivity contribution < 1.29 is 13.2 Å². The van der Waals surface area contributed by atoms with Gasteiger partial charge in [0.15, 0.2) is 0 Å². The van der Waals surface area contributed by atoms with Crippen LogP contribution in [0.4, 0.5) is 0 Å². The van der Waals surface area contributed by atoms with Crippen LogP contribution in [-0.2, 0) is 15.0 Å². The van der Waals surface area contributed by atoms with E-state index in [1.807, 2.05) is 37.3 Å². The van der Waals surface area contributed by atoms with E-state index in [4.69, 9.17) is 0 Å². The van der Waals surface area contributed by atoms with Crippen molar-refractivity contribution in [2.75, 3.05) is 6.54 Å². The number of carbonyl (C=O) groups is 1. The average molecular weight is 335 g/mol. The summed E-state index contributed by atoms with van der Waals surface area (Å²) in [5.74, 6) is 0.0487. The first-order valence-electron chi connectivity index (χ1n) is 7.39. The zero-order chi connectivity index (χ0) is 17.0. The van der Waals surface area contributed by atoms with Crippen LogP contribution in [0.3, 0.4) is 0 Å². The molecule has 0 unspecified atom stereocenters. The summed E-state index contributed by atoms with van der Waals surface area (Å²) >= 11 is 0. The molecule has 6 nitrogen and oxygen atoms in total. The summed E-state index contributed by atoms with van der Waals surface area (Å²) < 4.78 is 28.8. The van der Waals surface area contributed by atoms with Gasteiger partial charge >= 0.3 is 10.2 Å². The highest BCUT2D eigenvalue weighted by atomic mass is 32.2. The third kappa shape index (κ3) is 4.66. The smallest absolute Gasteiger partial charge is 0.342 e. The van der Waals surface area contributed by atoms with Crippen LogP contribution in [0, 0.1) is 0 Å². The average Bonchev–Trinajstić information content (AvgIpc) is 2.48. The first-order chi connectivity index (χ1) is 10.8. The molecule has 0 saturated carbocycles. The van der Waals surface area contributed by atoms with Gasteiger partial charge in [0, 0.05) is 17.8 Å². The van der Waals surface area contributed by atoms with E-state index < -0.39 is 10.2 Å². The fraction of sp³-hybridized carbons (Fsp3) is 0.375. The van der Waals surface area contributed by atoms with E-state index in [0.29, 0.717) is 23.5 Å². The number of benzene rings is 1. The Labute approximate surface area is 136 Å². The molecule has 124 valence electrons. The van der Waals surface area contributed by atoms with E-state index in [2.05, 4.69) is 14.4 Å². The van der Waals surface area contributed by atoms with Gasteiger partial charge in [0.1, 0.15) is 0 Å². The lowest BCUT2D eigenvalue weighted by Gasteiger charge is -2.18. The van der Waals surface area contributed by atoms with Gasteiger partial charge < -0.3 is 5.32 Å². The molecule has 0 bridgehead atoms. The zero-order valence-corrected chi connectivity index (χ0v) is 14.3. The summed E-state index contributed by atoms with van der Waals surface area (Å²) in [7, 11) is -3.66. The Bertz CT molecular complexity index is 752. The third-order valence-electron chi connectivity index (χ3n) is 3.74. The zero-order valence-electron chi connectivity index (χ0n) is 13.5. The van der Waals surface area contributed by atoms with Crippen molar-refractivity contribution >= 4 is 21.8 Å². The van der Waals surface area contributed by atoms with Gasteiger partial charge in [-0.3, -0.25) is 9.52 Å². The molecule has 1 aromatic carbocycles. The van der Waals surface area contributed by atoms with Gasteiger partial charge in [-0.15, -0.1) is 4.40 Å². The van der Waals surface area contributed by atoms with Crippen LogP contribution in [0.5, 0.6) is 0 Å². The van der Waals surface area contributed by atoms with E-state index >= 15 is 0 Å². The molecule has 2 N–H and O–H groups in total. The molecule has 1 atom stereocenters. The topological polar surface area (TPSA) is 87.6 Å². The molecular weight excluding hydrogens is 314 g/mol. The summed E-state index contributed by atoms with van der Waals surface area (Å²) in [6, 6.07) is 9.94. The first kappa shape index (κ1) is 17.2. The van der Waals surface area contributed by atoms with Gasteiger partial charge in [0.2, 0.25) is 5.91 Å². The van der Waals surface area contributed by atoms with Crippen molar-refractivity contribution in [2.24, 2.45) is 4.40 Å². The van der Waals surface area contributed by atoms with Crippen molar-refractivity contribution in [3.63, 3.8) is 0 Å². The Morgan fingerprint density at radius 2 is 1.91 bits per heavy atom. The van der Waals surface area contributed by atoms with Crippen molar-refractivity contribution in [1.29, 1.82) is 0 Å². The monoisotopic (exact) mass is 335 g/mol. The molecule has 0 spiro atoms. The Morgan fingerprint density at radius 1 is 1.26 bits per heavy atom. The molecule has 1 heterocycles. The molecular formula is C16H21N3O3S. The maximum atomic E-state index is 12.1. The molecule has 0 fully saturated rings. The molecule has 1 aromatic rings. The Hall–Kier alpha value is -2.15. The third-order valence-corrected chi connectivity index (χ3v) is 4.82. The van der Waals surface area contributed by atoms with E-state index in [1.54, 1.807) is 13.8 Å². The normalized spacial score (nSPS) is 18.0. The largest absolute Gasteiger partial charge is 0.355 e. The minimum atomic E-state index is -3.66. The Kier molecular flexibility index (Phi) is 5.20. The summed E-state index contributed by atoms with van der Waals surface area (Å²) in [6.07, 6.45) is 0.102. The molecule has 23 heavy (non-hydrogen) atoms. The lowest BCUT2D eigenvalue weighted by molar-refractivity contribution is -0.120. The van der Waals surface area contributed by atoms with Crippen LogP contribution < -0.4 is 10.0 Å². The Balaban J connectivity index is 1.94. The van der Waals surface area contributed by atoms with Gasteiger partial charge in [-0.2, -0.15) is 8.42 Å². The predicted octanol–water partition coefficient (Wildman–Crippen LogP) is 1.88. The number of nitrogens with zero attached hydrogens (tertiary/aromatic N) is 1. The second kappa shape index (κ2) is 6.95. The highest BCUT2D eigenvalue weighted by molar-refractivity contribution is 7.88. The molecule has 0 aromatic heterocycles. The standard InChI is InChI=1S/C16H21N3O3S/c1-11(14-7-5-4-6-8-14)10-17-16(20)9-15-12(2)18-23(21,22)19-13(15)3/h4-8,11,18H,9-10H2,1-3H3,(H,17,20)/t11-/m0/s1. The van der Waals surface area contributed by atoms with Gasteiger partial charge in [-0.05, 0) is 25.3 Å². The van der Waals surface area contributed by atoms with Crippen molar-refractivity contribution in [1.82, 2.24) is 10.0 Å². The highest BCUT2D eigenvalue weighted by Crippen LogP contribution is 2.17. The number of rotatable bonds is 5. The van der Waals surface area contributed by atoms with E-state index in [9.17, 15) is 13.2 Å². The molecule has 0 radical (unpaired) electrons. The molecule has 1 amide bonds. The minimum absolute atomic E-state index is 0.102. The molecule has 0 aliphatic carbocycles. The summed E-state index contributed by atoms with van der Waals surface area (Å²) in [5, 5.41) is 2.88. The quantitative estimate of drug-likeness (QED) is 0.861. The molecule has 2 rings (SSSR count). The minimum Gasteiger partial charge on any atom is -0.355 e. The van der Waals surface area contributed by atoms with Gasteiger partial charge in [-0.25, -0.2) is 0 Å². The molecule has 0 saturated heterocycles. The molecule has 1 aliphatic heterocycles. The van der Waals surface area contributed by atoms with Gasteiger partial charge in [-0.1, -0.05) is 37.3 Å². The fourth-order valence-electron chi connectivity index (χ4n) is 2.43. The highest BCUT2D eigenvalue weighted by Gasteiger charge is 2.22. The Morgan fingerprint density at radius 3 is 2.52 bits per heavy atom. The van der Waals surface area contributed by atoms with Crippen LogP contribution in [0.15, 0.2) is 46.0 Å². The SMILES string of the molecule is CC1=NS(=O)(=O)NC(C)=C1CC(=O)NC[C@H](C)c1ccccc1.